The Labute approximate surface area is 160 Å². The smallest absolute Gasteiger partial charge is 0.333 e. The van der Waals surface area contributed by atoms with Crippen molar-refractivity contribution in [3.8, 4) is 0 Å². The molecule has 1 saturated heterocycles. The van der Waals surface area contributed by atoms with Crippen LogP contribution in [-0.2, 0) is 23.7 Å². The van der Waals surface area contributed by atoms with Gasteiger partial charge in [-0.05, 0) is 32.6 Å². The van der Waals surface area contributed by atoms with E-state index in [0.29, 0.717) is 37.7 Å². The fourth-order valence-corrected chi connectivity index (χ4v) is 4.11. The van der Waals surface area contributed by atoms with Crippen molar-refractivity contribution in [2.75, 3.05) is 13.2 Å². The number of ether oxygens (including phenoxy) is 4. The molecule has 3 aliphatic rings. The molecule has 7 heteroatoms. The summed E-state index contributed by atoms with van der Waals surface area (Å²) in [6, 6.07) is 0. The van der Waals surface area contributed by atoms with Crippen molar-refractivity contribution >= 4 is 5.97 Å². The molecule has 1 aliphatic heterocycles. The number of aliphatic hydroxyl groups is 2. The van der Waals surface area contributed by atoms with E-state index in [1.807, 2.05) is 0 Å². The maximum atomic E-state index is 11.7. The van der Waals surface area contributed by atoms with Gasteiger partial charge in [-0.15, -0.1) is 0 Å². The Balaban J connectivity index is 1.57. The largest absolute Gasteiger partial charge is 0.459 e. The molecule has 2 N–H and O–H groups in total. The van der Waals surface area contributed by atoms with Crippen molar-refractivity contribution in [2.45, 2.75) is 94.6 Å². The molecule has 3 unspecified atom stereocenters. The van der Waals surface area contributed by atoms with Gasteiger partial charge >= 0.3 is 5.97 Å². The van der Waals surface area contributed by atoms with Crippen molar-refractivity contribution in [1.82, 2.24) is 0 Å². The molecular weight excluding hydrogens is 352 g/mol. The van der Waals surface area contributed by atoms with Crippen molar-refractivity contribution in [3.05, 3.63) is 12.2 Å². The van der Waals surface area contributed by atoms with Crippen LogP contribution in [-0.4, -0.2) is 59.3 Å². The SMILES string of the molecule is C=C(C)C(=O)OCC1OC(COC2(O)CCCC2)CC1OC1(O)CCCC1. The lowest BCUT2D eigenvalue weighted by Gasteiger charge is -2.29. The summed E-state index contributed by atoms with van der Waals surface area (Å²) in [5, 5.41) is 21.0. The third kappa shape index (κ3) is 5.51. The lowest BCUT2D eigenvalue weighted by atomic mass is 10.1. The monoisotopic (exact) mass is 384 g/mol. The number of rotatable bonds is 8. The van der Waals surface area contributed by atoms with E-state index in [1.54, 1.807) is 6.92 Å². The molecule has 0 aromatic rings. The Bertz CT molecular complexity index is 534. The topological polar surface area (TPSA) is 94.5 Å². The average Bonchev–Trinajstić information content (AvgIpc) is 3.33. The fraction of sp³-hybridized carbons (Fsp3) is 0.850. The van der Waals surface area contributed by atoms with Crippen LogP contribution in [0.1, 0.15) is 64.7 Å². The summed E-state index contributed by atoms with van der Waals surface area (Å²) in [6.45, 7) is 5.45. The lowest BCUT2D eigenvalue weighted by molar-refractivity contribution is -0.235. The number of carbonyl (C=O) groups excluding carboxylic acids is 1. The lowest BCUT2D eigenvalue weighted by Crippen LogP contribution is -2.39. The van der Waals surface area contributed by atoms with Crippen LogP contribution in [0.4, 0.5) is 0 Å². The van der Waals surface area contributed by atoms with Gasteiger partial charge in [0, 0.05) is 37.7 Å². The van der Waals surface area contributed by atoms with Crippen LogP contribution in [0.15, 0.2) is 12.2 Å². The Kier molecular flexibility index (Phi) is 6.58. The molecule has 0 radical (unpaired) electrons. The first-order valence-electron chi connectivity index (χ1n) is 10.0. The summed E-state index contributed by atoms with van der Waals surface area (Å²) < 4.78 is 22.9. The minimum atomic E-state index is -1.13. The third-order valence-electron chi connectivity index (χ3n) is 5.68. The number of hydrogen-bond donors (Lipinski definition) is 2. The van der Waals surface area contributed by atoms with Gasteiger partial charge in [0.1, 0.15) is 12.7 Å². The Hall–Kier alpha value is -0.990. The highest BCUT2D eigenvalue weighted by atomic mass is 16.7. The zero-order valence-corrected chi connectivity index (χ0v) is 16.2. The molecule has 3 atom stereocenters. The second-order valence-electron chi connectivity index (χ2n) is 8.18. The van der Waals surface area contributed by atoms with Crippen LogP contribution >= 0.6 is 0 Å². The maximum Gasteiger partial charge on any atom is 0.333 e. The van der Waals surface area contributed by atoms with Gasteiger partial charge in [-0.25, -0.2) is 4.79 Å². The Morgan fingerprint density at radius 1 is 1.07 bits per heavy atom. The highest BCUT2D eigenvalue weighted by Crippen LogP contribution is 2.37. The fourth-order valence-electron chi connectivity index (χ4n) is 4.11. The van der Waals surface area contributed by atoms with Crippen LogP contribution in [0, 0.1) is 0 Å². The Morgan fingerprint density at radius 2 is 1.67 bits per heavy atom. The molecule has 0 bridgehead atoms. The van der Waals surface area contributed by atoms with Gasteiger partial charge in [0.15, 0.2) is 11.6 Å². The second-order valence-corrected chi connectivity index (χ2v) is 8.18. The van der Waals surface area contributed by atoms with Crippen molar-refractivity contribution in [3.63, 3.8) is 0 Å². The van der Waals surface area contributed by atoms with Gasteiger partial charge in [0.25, 0.3) is 0 Å². The first kappa shape index (κ1) is 20.7. The van der Waals surface area contributed by atoms with Crippen LogP contribution in [0.5, 0.6) is 0 Å². The number of hydrogen-bond acceptors (Lipinski definition) is 7. The maximum absolute atomic E-state index is 11.7. The molecule has 1 heterocycles. The molecule has 0 spiro atoms. The van der Waals surface area contributed by atoms with Crippen LogP contribution < -0.4 is 0 Å². The van der Waals surface area contributed by atoms with Crippen molar-refractivity contribution in [1.29, 1.82) is 0 Å². The summed E-state index contributed by atoms with van der Waals surface area (Å²) in [6.07, 6.45) is 5.62. The van der Waals surface area contributed by atoms with Crippen LogP contribution in [0.3, 0.4) is 0 Å². The molecule has 2 saturated carbocycles. The van der Waals surface area contributed by atoms with E-state index in [-0.39, 0.29) is 19.3 Å². The summed E-state index contributed by atoms with van der Waals surface area (Å²) in [4.78, 5) is 11.7. The van der Waals surface area contributed by atoms with Gasteiger partial charge < -0.3 is 29.2 Å². The minimum Gasteiger partial charge on any atom is -0.459 e. The van der Waals surface area contributed by atoms with Gasteiger partial charge in [-0.3, -0.25) is 0 Å². The zero-order valence-electron chi connectivity index (χ0n) is 16.2. The minimum absolute atomic E-state index is 0.0349. The van der Waals surface area contributed by atoms with E-state index in [1.165, 1.54) is 0 Å². The highest BCUT2D eigenvalue weighted by Gasteiger charge is 2.44. The van der Waals surface area contributed by atoms with Crippen molar-refractivity contribution < 1.29 is 34.0 Å². The molecule has 7 nitrogen and oxygen atoms in total. The van der Waals surface area contributed by atoms with E-state index >= 15 is 0 Å². The van der Waals surface area contributed by atoms with Gasteiger partial charge in [0.2, 0.25) is 0 Å². The summed E-state index contributed by atoms with van der Waals surface area (Å²) in [5.41, 5.74) is 0.322. The molecule has 3 fully saturated rings. The predicted molar refractivity (Wildman–Crippen MR) is 96.7 cm³/mol. The molecule has 0 aromatic heterocycles. The zero-order chi connectivity index (χ0) is 19.5. The summed E-state index contributed by atoms with van der Waals surface area (Å²) in [5.74, 6) is -2.67. The molecule has 3 rings (SSSR count). The molecule has 0 amide bonds. The molecule has 2 aliphatic carbocycles. The normalized spacial score (nSPS) is 31.9. The van der Waals surface area contributed by atoms with Gasteiger partial charge in [-0.2, -0.15) is 0 Å². The predicted octanol–water partition coefficient (Wildman–Crippen LogP) is 2.19. The van der Waals surface area contributed by atoms with E-state index in [2.05, 4.69) is 6.58 Å². The first-order valence-corrected chi connectivity index (χ1v) is 10.0. The summed E-state index contributed by atoms with van der Waals surface area (Å²) in [7, 11) is 0. The Morgan fingerprint density at radius 3 is 2.26 bits per heavy atom. The highest BCUT2D eigenvalue weighted by molar-refractivity contribution is 5.86. The first-order chi connectivity index (χ1) is 12.8. The van der Waals surface area contributed by atoms with E-state index < -0.39 is 29.8 Å². The van der Waals surface area contributed by atoms with Crippen LogP contribution in [0.25, 0.3) is 0 Å². The quantitative estimate of drug-likeness (QED) is 0.376. The van der Waals surface area contributed by atoms with Gasteiger partial charge in [-0.1, -0.05) is 6.58 Å². The van der Waals surface area contributed by atoms with Crippen LogP contribution in [0.2, 0.25) is 0 Å². The number of carbonyl (C=O) groups is 1. The summed E-state index contributed by atoms with van der Waals surface area (Å²) >= 11 is 0. The molecule has 0 aromatic carbocycles. The van der Waals surface area contributed by atoms with Crippen molar-refractivity contribution in [2.24, 2.45) is 0 Å². The molecular formula is C20H32O7. The van der Waals surface area contributed by atoms with E-state index in [4.69, 9.17) is 18.9 Å². The second kappa shape index (κ2) is 8.57. The molecule has 27 heavy (non-hydrogen) atoms. The standard InChI is InChI=1S/C20H32O7/c1-14(2)18(21)24-13-17-16(27-20(23)9-5-6-10-20)11-15(26-17)12-25-19(22)7-3-4-8-19/h15-17,22-23H,1,3-13H2,2H3. The average molecular weight is 384 g/mol. The molecule has 154 valence electrons. The van der Waals surface area contributed by atoms with Gasteiger partial charge in [0.05, 0.1) is 18.8 Å². The number of esters is 1. The van der Waals surface area contributed by atoms with E-state index in [0.717, 1.165) is 25.7 Å². The van der Waals surface area contributed by atoms with E-state index in [9.17, 15) is 15.0 Å². The third-order valence-corrected chi connectivity index (χ3v) is 5.68.